The molecule has 0 radical (unpaired) electrons. The number of fused-ring (bicyclic) bond motifs is 1. The summed E-state index contributed by atoms with van der Waals surface area (Å²) < 4.78 is 2.84. The Kier molecular flexibility index (Phi) is 4.26. The molecule has 0 fully saturated rings. The van der Waals surface area contributed by atoms with Gasteiger partial charge in [0.1, 0.15) is 0 Å². The second-order valence-electron chi connectivity index (χ2n) is 5.78. The second-order valence-corrected chi connectivity index (χ2v) is 6.69. The summed E-state index contributed by atoms with van der Waals surface area (Å²) in [4.78, 5) is 12.4. The van der Waals surface area contributed by atoms with Crippen LogP contribution in [0.15, 0.2) is 40.8 Å². The number of nitrogens with one attached hydrogen (secondary N) is 2. The molecule has 3 rings (SSSR count). The van der Waals surface area contributed by atoms with E-state index in [0.29, 0.717) is 11.6 Å². The third-order valence-electron chi connectivity index (χ3n) is 3.81. The van der Waals surface area contributed by atoms with Gasteiger partial charge < -0.3 is 10.6 Å². The van der Waals surface area contributed by atoms with Crippen molar-refractivity contribution in [2.45, 2.75) is 33.2 Å². The SMILES string of the molecule is CCC(Nc1cnn(C(C)C)c1)=C1C(=O)Nc2ccc(Br)cc21. The highest BCUT2D eigenvalue weighted by Crippen LogP contribution is 2.36. The van der Waals surface area contributed by atoms with Gasteiger partial charge in [-0.2, -0.15) is 5.10 Å². The number of allylic oxidation sites excluding steroid dienone is 1. The summed E-state index contributed by atoms with van der Waals surface area (Å²) in [5, 5.41) is 10.6. The summed E-state index contributed by atoms with van der Waals surface area (Å²) in [5.41, 5.74) is 4.24. The molecule has 23 heavy (non-hydrogen) atoms. The molecule has 5 nitrogen and oxygen atoms in total. The van der Waals surface area contributed by atoms with Crippen LogP contribution in [0.4, 0.5) is 11.4 Å². The van der Waals surface area contributed by atoms with Crippen molar-refractivity contribution in [1.82, 2.24) is 9.78 Å². The van der Waals surface area contributed by atoms with Crippen molar-refractivity contribution < 1.29 is 4.79 Å². The van der Waals surface area contributed by atoms with Gasteiger partial charge in [0.2, 0.25) is 0 Å². The van der Waals surface area contributed by atoms with Gasteiger partial charge in [-0.05, 0) is 38.5 Å². The summed E-state index contributed by atoms with van der Waals surface area (Å²) in [6.07, 6.45) is 4.46. The third-order valence-corrected chi connectivity index (χ3v) is 4.30. The van der Waals surface area contributed by atoms with E-state index in [9.17, 15) is 4.79 Å². The molecule has 0 spiro atoms. The normalized spacial score (nSPS) is 15.6. The predicted octanol–water partition coefficient (Wildman–Crippen LogP) is 4.41. The molecule has 1 aromatic carbocycles. The van der Waals surface area contributed by atoms with Gasteiger partial charge in [0.05, 0.1) is 17.5 Å². The highest BCUT2D eigenvalue weighted by Gasteiger charge is 2.27. The number of nitrogens with zero attached hydrogens (tertiary/aromatic N) is 2. The van der Waals surface area contributed by atoms with Crippen LogP contribution in [0.2, 0.25) is 0 Å². The van der Waals surface area contributed by atoms with E-state index in [4.69, 9.17) is 0 Å². The first-order chi connectivity index (χ1) is 11.0. The standard InChI is InChI=1S/C17H19BrN4O/c1-4-14(20-12-8-19-22(9-12)10(2)3)16-13-7-11(18)5-6-15(13)21-17(16)23/h5-10,20H,4H2,1-3H3,(H,21,23). The molecule has 120 valence electrons. The van der Waals surface area contributed by atoms with Gasteiger partial charge >= 0.3 is 0 Å². The Hall–Kier alpha value is -2.08. The lowest BCUT2D eigenvalue weighted by Crippen LogP contribution is -2.10. The van der Waals surface area contributed by atoms with Crippen LogP contribution in [-0.2, 0) is 4.79 Å². The van der Waals surface area contributed by atoms with E-state index in [2.05, 4.69) is 45.5 Å². The van der Waals surface area contributed by atoms with Crippen LogP contribution in [0, 0.1) is 0 Å². The van der Waals surface area contributed by atoms with Gasteiger partial charge in [-0.1, -0.05) is 22.9 Å². The van der Waals surface area contributed by atoms with Crippen LogP contribution in [0.25, 0.3) is 5.57 Å². The maximum absolute atomic E-state index is 12.4. The Bertz CT molecular complexity index is 792. The molecular formula is C17H19BrN4O. The number of carbonyl (C=O) groups is 1. The first-order valence-electron chi connectivity index (χ1n) is 7.65. The molecule has 2 N–H and O–H groups in total. The van der Waals surface area contributed by atoms with Gasteiger partial charge in [-0.3, -0.25) is 9.48 Å². The fourth-order valence-corrected chi connectivity index (χ4v) is 2.99. The van der Waals surface area contributed by atoms with Crippen molar-refractivity contribution in [3.8, 4) is 0 Å². The highest BCUT2D eigenvalue weighted by atomic mass is 79.9. The zero-order valence-corrected chi connectivity index (χ0v) is 14.9. The number of hydrogen-bond acceptors (Lipinski definition) is 3. The zero-order valence-electron chi connectivity index (χ0n) is 13.4. The molecule has 2 aromatic rings. The van der Waals surface area contributed by atoms with Crippen LogP contribution in [-0.4, -0.2) is 15.7 Å². The lowest BCUT2D eigenvalue weighted by molar-refractivity contribution is -0.110. The fraction of sp³-hybridized carbons (Fsp3) is 0.294. The van der Waals surface area contributed by atoms with Crippen LogP contribution in [0.1, 0.15) is 38.8 Å². The molecule has 6 heteroatoms. The summed E-state index contributed by atoms with van der Waals surface area (Å²) >= 11 is 3.47. The van der Waals surface area contributed by atoms with E-state index in [1.807, 2.05) is 36.0 Å². The number of amides is 1. The Morgan fingerprint density at radius 1 is 1.43 bits per heavy atom. The number of aromatic nitrogens is 2. The van der Waals surface area contributed by atoms with Crippen LogP contribution in [0.3, 0.4) is 0 Å². The van der Waals surface area contributed by atoms with Crippen molar-refractivity contribution in [2.24, 2.45) is 0 Å². The minimum Gasteiger partial charge on any atom is -0.356 e. The number of hydrogen-bond donors (Lipinski definition) is 2. The quantitative estimate of drug-likeness (QED) is 0.779. The third kappa shape index (κ3) is 3.03. The van der Waals surface area contributed by atoms with E-state index >= 15 is 0 Å². The second kappa shape index (κ2) is 6.20. The minimum absolute atomic E-state index is 0.0706. The lowest BCUT2D eigenvalue weighted by atomic mass is 10.0. The van der Waals surface area contributed by atoms with Crippen molar-refractivity contribution in [2.75, 3.05) is 10.6 Å². The monoisotopic (exact) mass is 374 g/mol. The van der Waals surface area contributed by atoms with Gasteiger partial charge in [0.15, 0.2) is 0 Å². The summed E-state index contributed by atoms with van der Waals surface area (Å²) in [5.74, 6) is -0.0706. The molecule has 0 atom stereocenters. The van der Waals surface area contributed by atoms with E-state index in [1.165, 1.54) is 0 Å². The molecule has 1 aromatic heterocycles. The average molecular weight is 375 g/mol. The van der Waals surface area contributed by atoms with Gasteiger partial charge in [0.25, 0.3) is 5.91 Å². The number of benzene rings is 1. The maximum atomic E-state index is 12.4. The van der Waals surface area contributed by atoms with Crippen LogP contribution in [0.5, 0.6) is 0 Å². The molecule has 0 saturated carbocycles. The molecule has 0 aliphatic carbocycles. The lowest BCUT2D eigenvalue weighted by Gasteiger charge is -2.11. The van der Waals surface area contributed by atoms with E-state index in [-0.39, 0.29) is 5.91 Å². The zero-order chi connectivity index (χ0) is 16.6. The highest BCUT2D eigenvalue weighted by molar-refractivity contribution is 9.10. The van der Waals surface area contributed by atoms with Crippen molar-refractivity contribution in [3.63, 3.8) is 0 Å². The van der Waals surface area contributed by atoms with Crippen molar-refractivity contribution in [3.05, 3.63) is 46.3 Å². The molecule has 2 heterocycles. The van der Waals surface area contributed by atoms with E-state index < -0.39 is 0 Å². The first kappa shape index (κ1) is 15.8. The Morgan fingerprint density at radius 2 is 2.22 bits per heavy atom. The van der Waals surface area contributed by atoms with E-state index in [0.717, 1.165) is 33.5 Å². The van der Waals surface area contributed by atoms with Gasteiger partial charge in [-0.15, -0.1) is 0 Å². The molecule has 1 amide bonds. The summed E-state index contributed by atoms with van der Waals surface area (Å²) in [6, 6.07) is 6.11. The Labute approximate surface area is 143 Å². The van der Waals surface area contributed by atoms with Gasteiger partial charge in [-0.25, -0.2) is 0 Å². The number of anilines is 2. The maximum Gasteiger partial charge on any atom is 0.258 e. The van der Waals surface area contributed by atoms with Crippen molar-refractivity contribution >= 4 is 38.8 Å². The van der Waals surface area contributed by atoms with Crippen LogP contribution >= 0.6 is 15.9 Å². The van der Waals surface area contributed by atoms with Crippen molar-refractivity contribution in [1.29, 1.82) is 0 Å². The summed E-state index contributed by atoms with van der Waals surface area (Å²) in [7, 11) is 0. The average Bonchev–Trinajstić information content (AvgIpc) is 3.09. The molecular weight excluding hydrogens is 356 g/mol. The number of carbonyl (C=O) groups excluding carboxylic acids is 1. The summed E-state index contributed by atoms with van der Waals surface area (Å²) in [6.45, 7) is 6.19. The topological polar surface area (TPSA) is 59.0 Å². The van der Waals surface area contributed by atoms with Gasteiger partial charge in [0, 0.05) is 33.7 Å². The smallest absolute Gasteiger partial charge is 0.258 e. The van der Waals surface area contributed by atoms with E-state index in [1.54, 1.807) is 6.20 Å². The number of halogens is 1. The predicted molar refractivity (Wildman–Crippen MR) is 96.2 cm³/mol. The molecule has 0 bridgehead atoms. The molecule has 1 aliphatic heterocycles. The van der Waals surface area contributed by atoms with Crippen LogP contribution < -0.4 is 10.6 Å². The minimum atomic E-state index is -0.0706. The fourth-order valence-electron chi connectivity index (χ4n) is 2.63. The largest absolute Gasteiger partial charge is 0.356 e. The molecule has 0 saturated heterocycles. The Morgan fingerprint density at radius 3 is 2.87 bits per heavy atom. The Balaban J connectivity index is 2.00. The first-order valence-corrected chi connectivity index (χ1v) is 8.44. The molecule has 0 unspecified atom stereocenters. The molecule has 1 aliphatic rings. The number of rotatable bonds is 4.